The van der Waals surface area contributed by atoms with E-state index in [0.717, 1.165) is 54.2 Å². The van der Waals surface area contributed by atoms with Crippen LogP contribution in [0.4, 0.5) is 0 Å². The van der Waals surface area contributed by atoms with Gasteiger partial charge in [-0.05, 0) is 96.2 Å². The lowest BCUT2D eigenvalue weighted by Crippen LogP contribution is -2.51. The molecule has 7 nitrogen and oxygen atoms in total. The lowest BCUT2D eigenvalue weighted by Gasteiger charge is -2.44. The van der Waals surface area contributed by atoms with E-state index in [1.807, 2.05) is 6.07 Å². The smallest absolute Gasteiger partial charge is 0.339 e. The summed E-state index contributed by atoms with van der Waals surface area (Å²) in [5.74, 6) is 1.68. The molecule has 0 unspecified atom stereocenters. The van der Waals surface area contributed by atoms with Crippen molar-refractivity contribution in [1.82, 2.24) is 10.2 Å². The van der Waals surface area contributed by atoms with Crippen molar-refractivity contribution in [3.05, 3.63) is 33.2 Å². The minimum Gasteiger partial charge on any atom is -0.487 e. The van der Waals surface area contributed by atoms with Crippen LogP contribution in [0, 0.1) is 5.92 Å². The van der Waals surface area contributed by atoms with Crippen molar-refractivity contribution < 1.29 is 18.7 Å². The highest BCUT2D eigenvalue weighted by Gasteiger charge is 2.34. The number of hydrogen-bond donors (Lipinski definition) is 1. The van der Waals surface area contributed by atoms with Gasteiger partial charge in [0.05, 0.1) is 5.39 Å². The zero-order valence-electron chi connectivity index (χ0n) is 21.6. The number of ether oxygens (including phenoxy) is 2. The molecule has 36 heavy (non-hydrogen) atoms. The molecule has 0 spiro atoms. The van der Waals surface area contributed by atoms with Gasteiger partial charge in [-0.1, -0.05) is 6.42 Å². The molecule has 2 saturated heterocycles. The van der Waals surface area contributed by atoms with E-state index >= 15 is 0 Å². The Hall–Kier alpha value is -2.54. The number of hydrogen-bond acceptors (Lipinski definition) is 6. The third-order valence-electron chi connectivity index (χ3n) is 8.78. The summed E-state index contributed by atoms with van der Waals surface area (Å²) in [7, 11) is 0. The fraction of sp³-hybridized carbons (Fsp3) is 0.655. The van der Waals surface area contributed by atoms with E-state index in [9.17, 15) is 9.59 Å². The number of carbonyl (C=O) groups excluding carboxylic acids is 1. The Morgan fingerprint density at radius 3 is 2.81 bits per heavy atom. The summed E-state index contributed by atoms with van der Waals surface area (Å²) in [6.07, 6.45) is 10.3. The van der Waals surface area contributed by atoms with E-state index in [1.165, 1.54) is 45.2 Å². The molecule has 0 bridgehead atoms. The Bertz CT molecular complexity index is 1230. The third kappa shape index (κ3) is 4.40. The van der Waals surface area contributed by atoms with Gasteiger partial charge in [-0.2, -0.15) is 0 Å². The van der Waals surface area contributed by atoms with Gasteiger partial charge >= 0.3 is 5.63 Å². The van der Waals surface area contributed by atoms with Crippen molar-refractivity contribution in [2.75, 3.05) is 26.2 Å². The average molecular weight is 495 g/mol. The minimum atomic E-state index is -0.306. The fourth-order valence-electron chi connectivity index (χ4n) is 6.92. The normalized spacial score (nSPS) is 24.9. The molecule has 1 aliphatic carbocycles. The topological polar surface area (TPSA) is 81.0 Å². The van der Waals surface area contributed by atoms with Crippen LogP contribution in [0.1, 0.15) is 75.5 Å². The highest BCUT2D eigenvalue weighted by atomic mass is 16.5. The van der Waals surface area contributed by atoms with Crippen molar-refractivity contribution in [1.29, 1.82) is 0 Å². The first kappa shape index (κ1) is 23.8. The van der Waals surface area contributed by atoms with Crippen LogP contribution in [0.15, 0.2) is 15.3 Å². The molecular weight excluding hydrogens is 456 g/mol. The minimum absolute atomic E-state index is 0.0632. The highest BCUT2D eigenvalue weighted by molar-refractivity contribution is 5.93. The summed E-state index contributed by atoms with van der Waals surface area (Å²) in [6.45, 7) is 7.16. The summed E-state index contributed by atoms with van der Waals surface area (Å²) in [6, 6.07) is 2.51. The maximum Gasteiger partial charge on any atom is 0.339 e. The van der Waals surface area contributed by atoms with Crippen molar-refractivity contribution in [3.8, 4) is 11.5 Å². The quantitative estimate of drug-likeness (QED) is 0.629. The van der Waals surface area contributed by atoms with Gasteiger partial charge in [0.15, 0.2) is 6.61 Å². The summed E-state index contributed by atoms with van der Waals surface area (Å²) in [4.78, 5) is 28.2. The lowest BCUT2D eigenvalue weighted by molar-refractivity contribution is -0.123. The second-order valence-electron chi connectivity index (χ2n) is 11.7. The van der Waals surface area contributed by atoms with Crippen LogP contribution in [-0.4, -0.2) is 48.7 Å². The maximum atomic E-state index is 12.9. The van der Waals surface area contributed by atoms with Gasteiger partial charge in [-0.25, -0.2) is 4.79 Å². The molecule has 0 radical (unpaired) electrons. The van der Waals surface area contributed by atoms with Crippen LogP contribution >= 0.6 is 0 Å². The number of piperidine rings is 2. The molecule has 2 aromatic rings. The molecule has 1 aromatic heterocycles. The highest BCUT2D eigenvalue weighted by Crippen LogP contribution is 2.44. The fourth-order valence-corrected chi connectivity index (χ4v) is 6.92. The number of nitrogens with zero attached hydrogens (tertiary/aromatic N) is 1. The Balaban J connectivity index is 1.22. The van der Waals surface area contributed by atoms with Gasteiger partial charge < -0.3 is 24.1 Å². The van der Waals surface area contributed by atoms with Crippen molar-refractivity contribution >= 4 is 16.9 Å². The summed E-state index contributed by atoms with van der Waals surface area (Å²) in [5.41, 5.74) is 2.72. The van der Waals surface area contributed by atoms with Gasteiger partial charge in [0.2, 0.25) is 0 Å². The second kappa shape index (κ2) is 9.40. The van der Waals surface area contributed by atoms with E-state index in [4.69, 9.17) is 13.9 Å². The zero-order chi connectivity index (χ0) is 24.9. The van der Waals surface area contributed by atoms with Crippen LogP contribution in [0.2, 0.25) is 0 Å². The van der Waals surface area contributed by atoms with E-state index in [1.54, 1.807) is 0 Å². The summed E-state index contributed by atoms with van der Waals surface area (Å²) < 4.78 is 18.3. The zero-order valence-corrected chi connectivity index (χ0v) is 21.6. The molecule has 1 N–H and O–H groups in total. The molecule has 2 fully saturated rings. The standard InChI is InChI=1S/C29H38N2O5/c1-29(2)12-11-21-23(36-29)15-24(26-19-8-5-9-20(19)28(33)35-27(21)26)34-17-25(32)30-16-18-7-6-14-31-13-4-3-10-22(18)31/h15,18,22H,3-14,16-17H2,1-2H3,(H,30,32)/t18-,22+/m0/s1. The van der Waals surface area contributed by atoms with Gasteiger partial charge in [0.1, 0.15) is 22.7 Å². The van der Waals surface area contributed by atoms with Crippen LogP contribution in [0.25, 0.3) is 11.0 Å². The predicted molar refractivity (Wildman–Crippen MR) is 138 cm³/mol. The van der Waals surface area contributed by atoms with Gasteiger partial charge in [-0.3, -0.25) is 4.79 Å². The molecule has 1 amide bonds. The van der Waals surface area contributed by atoms with Crippen LogP contribution in [0.3, 0.4) is 0 Å². The molecule has 0 saturated carbocycles. The number of carbonyl (C=O) groups is 1. The Morgan fingerprint density at radius 2 is 1.92 bits per heavy atom. The summed E-state index contributed by atoms with van der Waals surface area (Å²) in [5, 5.41) is 3.99. The van der Waals surface area contributed by atoms with E-state index in [-0.39, 0.29) is 23.7 Å². The SMILES string of the molecule is CC1(C)CCc2c(cc(OCC(=O)NC[C@@H]3CCCN4CCCC[C@H]34)c3c4c(c(=O)oc23)CCC4)O1. The third-order valence-corrected chi connectivity index (χ3v) is 8.78. The molecule has 2 atom stereocenters. The predicted octanol–water partition coefficient (Wildman–Crippen LogP) is 4.14. The Labute approximate surface area is 212 Å². The van der Waals surface area contributed by atoms with E-state index in [2.05, 4.69) is 24.1 Å². The van der Waals surface area contributed by atoms with Crippen molar-refractivity contribution in [2.45, 2.75) is 89.7 Å². The molecule has 194 valence electrons. The first-order chi connectivity index (χ1) is 17.4. The molecule has 4 heterocycles. The van der Waals surface area contributed by atoms with E-state index < -0.39 is 0 Å². The molecule has 1 aromatic carbocycles. The summed E-state index contributed by atoms with van der Waals surface area (Å²) >= 11 is 0. The van der Waals surface area contributed by atoms with Crippen molar-refractivity contribution in [2.24, 2.45) is 5.92 Å². The second-order valence-corrected chi connectivity index (χ2v) is 11.7. The molecule has 7 heteroatoms. The van der Waals surface area contributed by atoms with E-state index in [0.29, 0.717) is 35.6 Å². The lowest BCUT2D eigenvalue weighted by atomic mass is 9.83. The number of amides is 1. The molecular formula is C29H38N2O5. The van der Waals surface area contributed by atoms with Gasteiger partial charge in [0, 0.05) is 29.8 Å². The number of nitrogens with one attached hydrogen (secondary N) is 1. The first-order valence-corrected chi connectivity index (χ1v) is 13.9. The van der Waals surface area contributed by atoms with Gasteiger partial charge in [-0.15, -0.1) is 0 Å². The number of aryl methyl sites for hydroxylation is 2. The van der Waals surface area contributed by atoms with Crippen LogP contribution in [0.5, 0.6) is 11.5 Å². The molecule has 4 aliphatic rings. The monoisotopic (exact) mass is 494 g/mol. The first-order valence-electron chi connectivity index (χ1n) is 13.9. The Morgan fingerprint density at radius 1 is 1.08 bits per heavy atom. The van der Waals surface area contributed by atoms with Crippen LogP contribution < -0.4 is 20.4 Å². The number of rotatable bonds is 5. The molecule has 3 aliphatic heterocycles. The Kier molecular flexibility index (Phi) is 6.22. The number of benzene rings is 1. The molecule has 6 rings (SSSR count). The van der Waals surface area contributed by atoms with Crippen molar-refractivity contribution in [3.63, 3.8) is 0 Å². The maximum absolute atomic E-state index is 12.9. The largest absolute Gasteiger partial charge is 0.487 e. The number of fused-ring (bicyclic) bond motifs is 6. The average Bonchev–Trinajstić information content (AvgIpc) is 3.36. The van der Waals surface area contributed by atoms with Crippen LogP contribution in [-0.2, 0) is 24.1 Å². The van der Waals surface area contributed by atoms with Gasteiger partial charge in [0.25, 0.3) is 5.91 Å².